The normalized spacial score (nSPS) is 42.2. The zero-order valence-electron chi connectivity index (χ0n) is 8.14. The molecule has 1 fully saturated rings. The second-order valence-corrected chi connectivity index (χ2v) is 3.85. The van der Waals surface area contributed by atoms with Crippen molar-refractivity contribution >= 4 is 0 Å². The third-order valence-corrected chi connectivity index (χ3v) is 2.99. The van der Waals surface area contributed by atoms with Crippen LogP contribution in [0.1, 0.15) is 20.3 Å². The van der Waals surface area contributed by atoms with Crippen LogP contribution in [-0.2, 0) is 0 Å². The second kappa shape index (κ2) is 4.37. The lowest BCUT2D eigenvalue weighted by atomic mass is 9.95. The van der Waals surface area contributed by atoms with Crippen molar-refractivity contribution in [2.24, 2.45) is 5.92 Å². The van der Waals surface area contributed by atoms with Crippen LogP contribution in [-0.4, -0.2) is 46.2 Å². The van der Waals surface area contributed by atoms with Gasteiger partial charge >= 0.3 is 0 Å². The molecule has 1 aliphatic rings. The molecule has 0 aromatic carbocycles. The Labute approximate surface area is 78.6 Å². The molecule has 0 amide bonds. The topological polar surface area (TPSA) is 72.7 Å². The van der Waals surface area contributed by atoms with Crippen molar-refractivity contribution in [3.05, 3.63) is 0 Å². The highest BCUT2D eigenvalue weighted by Crippen LogP contribution is 2.22. The van der Waals surface area contributed by atoms with E-state index >= 15 is 0 Å². The maximum absolute atomic E-state index is 9.64. The molecule has 0 aromatic rings. The lowest BCUT2D eigenvalue weighted by Crippen LogP contribution is -2.39. The minimum atomic E-state index is -0.844. The zero-order chi connectivity index (χ0) is 10.0. The molecule has 0 aliphatic carbocycles. The minimum Gasteiger partial charge on any atom is -0.395 e. The van der Waals surface area contributed by atoms with Crippen LogP contribution in [0.25, 0.3) is 0 Å². The fourth-order valence-corrected chi connectivity index (χ4v) is 1.81. The van der Waals surface area contributed by atoms with Gasteiger partial charge in [0, 0.05) is 6.04 Å². The third-order valence-electron chi connectivity index (χ3n) is 2.99. The molecule has 4 N–H and O–H groups in total. The van der Waals surface area contributed by atoms with Crippen LogP contribution in [0.15, 0.2) is 0 Å². The first-order valence-electron chi connectivity index (χ1n) is 4.84. The largest absolute Gasteiger partial charge is 0.395 e. The third kappa shape index (κ3) is 2.02. The summed E-state index contributed by atoms with van der Waals surface area (Å²) in [6, 6.07) is -0.480. The molecule has 1 heterocycles. The fourth-order valence-electron chi connectivity index (χ4n) is 1.81. The van der Waals surface area contributed by atoms with E-state index in [1.165, 1.54) is 0 Å². The van der Waals surface area contributed by atoms with Gasteiger partial charge in [-0.05, 0) is 5.92 Å². The summed E-state index contributed by atoms with van der Waals surface area (Å²) >= 11 is 0. The van der Waals surface area contributed by atoms with Crippen LogP contribution in [0.5, 0.6) is 0 Å². The Balaban J connectivity index is 2.60. The number of hydrogen-bond acceptors (Lipinski definition) is 4. The summed E-state index contributed by atoms with van der Waals surface area (Å²) in [5.74, 6) is 0.307. The molecular formula is C9H19NO3. The Morgan fingerprint density at radius 3 is 2.31 bits per heavy atom. The molecule has 78 valence electrons. The zero-order valence-corrected chi connectivity index (χ0v) is 8.14. The number of nitrogens with one attached hydrogen (secondary N) is 1. The minimum absolute atomic E-state index is 0.0999. The van der Waals surface area contributed by atoms with Crippen LogP contribution < -0.4 is 5.32 Å². The van der Waals surface area contributed by atoms with E-state index < -0.39 is 12.2 Å². The molecule has 5 atom stereocenters. The maximum Gasteiger partial charge on any atom is 0.0989 e. The molecule has 1 aliphatic heterocycles. The molecule has 1 rings (SSSR count). The lowest BCUT2D eigenvalue weighted by Gasteiger charge is -2.21. The molecule has 0 bridgehead atoms. The molecule has 0 radical (unpaired) electrons. The van der Waals surface area contributed by atoms with E-state index in [0.29, 0.717) is 5.92 Å². The SMILES string of the molecule is CC[C@H](C)C1NC(CO)[C@H](O)C1O. The van der Waals surface area contributed by atoms with E-state index in [2.05, 4.69) is 5.32 Å². The average Bonchev–Trinajstić information content (AvgIpc) is 2.43. The number of aliphatic hydroxyl groups excluding tert-OH is 3. The van der Waals surface area contributed by atoms with Gasteiger partial charge in [0.1, 0.15) is 0 Å². The first-order valence-corrected chi connectivity index (χ1v) is 4.84. The van der Waals surface area contributed by atoms with Gasteiger partial charge in [-0.3, -0.25) is 0 Å². The second-order valence-electron chi connectivity index (χ2n) is 3.85. The predicted octanol–water partition coefficient (Wildman–Crippen LogP) is -0.913. The summed E-state index contributed by atoms with van der Waals surface area (Å²) in [7, 11) is 0. The Morgan fingerprint density at radius 1 is 1.31 bits per heavy atom. The van der Waals surface area contributed by atoms with Crippen molar-refractivity contribution in [1.29, 1.82) is 0 Å². The summed E-state index contributed by atoms with van der Waals surface area (Å²) in [4.78, 5) is 0. The molecule has 1 saturated heterocycles. The first kappa shape index (κ1) is 10.9. The van der Waals surface area contributed by atoms with Gasteiger partial charge < -0.3 is 20.6 Å². The standard InChI is InChI=1S/C9H19NO3/c1-3-5(2)7-9(13)8(12)6(4-11)10-7/h5-13H,3-4H2,1-2H3/t5-,6?,7?,8-,9?/m0/s1. The molecule has 0 spiro atoms. The number of aliphatic hydroxyl groups is 3. The molecular weight excluding hydrogens is 170 g/mol. The van der Waals surface area contributed by atoms with Gasteiger partial charge in [-0.1, -0.05) is 20.3 Å². The Morgan fingerprint density at radius 2 is 1.92 bits per heavy atom. The van der Waals surface area contributed by atoms with Crippen molar-refractivity contribution < 1.29 is 15.3 Å². The monoisotopic (exact) mass is 189 g/mol. The van der Waals surface area contributed by atoms with Gasteiger partial charge in [-0.2, -0.15) is 0 Å². The summed E-state index contributed by atoms with van der Waals surface area (Å²) in [6.07, 6.45) is -0.657. The van der Waals surface area contributed by atoms with Gasteiger partial charge in [-0.25, -0.2) is 0 Å². The van der Waals surface area contributed by atoms with E-state index in [0.717, 1.165) is 6.42 Å². The van der Waals surface area contributed by atoms with Crippen LogP contribution in [0, 0.1) is 5.92 Å². The van der Waals surface area contributed by atoms with Crippen LogP contribution in [0.2, 0.25) is 0 Å². The summed E-state index contributed by atoms with van der Waals surface area (Å²) in [5, 5.41) is 31.1. The van der Waals surface area contributed by atoms with E-state index in [-0.39, 0.29) is 18.7 Å². The van der Waals surface area contributed by atoms with Crippen LogP contribution in [0.3, 0.4) is 0 Å². The van der Waals surface area contributed by atoms with Crippen molar-refractivity contribution in [2.75, 3.05) is 6.61 Å². The van der Waals surface area contributed by atoms with E-state index in [4.69, 9.17) is 5.11 Å². The predicted molar refractivity (Wildman–Crippen MR) is 49.3 cm³/mol. The summed E-state index contributed by atoms with van der Waals surface area (Å²) < 4.78 is 0. The first-order chi connectivity index (χ1) is 6.11. The van der Waals surface area contributed by atoms with Gasteiger partial charge in [-0.15, -0.1) is 0 Å². The van der Waals surface area contributed by atoms with Gasteiger partial charge in [0.2, 0.25) is 0 Å². The Hall–Kier alpha value is -0.160. The molecule has 4 heteroatoms. The highest BCUT2D eigenvalue weighted by Gasteiger charge is 2.42. The van der Waals surface area contributed by atoms with Crippen molar-refractivity contribution in [2.45, 2.75) is 44.6 Å². The van der Waals surface area contributed by atoms with Crippen molar-refractivity contribution in [3.63, 3.8) is 0 Å². The van der Waals surface area contributed by atoms with Crippen LogP contribution in [0.4, 0.5) is 0 Å². The fraction of sp³-hybridized carbons (Fsp3) is 1.00. The van der Waals surface area contributed by atoms with E-state index in [9.17, 15) is 10.2 Å². The Bertz CT molecular complexity index is 165. The van der Waals surface area contributed by atoms with E-state index in [1.807, 2.05) is 13.8 Å². The number of rotatable bonds is 3. The van der Waals surface area contributed by atoms with Crippen LogP contribution >= 0.6 is 0 Å². The van der Waals surface area contributed by atoms with Gasteiger partial charge in [0.25, 0.3) is 0 Å². The summed E-state index contributed by atoms with van der Waals surface area (Å²) in [6.45, 7) is 3.93. The average molecular weight is 189 g/mol. The molecule has 13 heavy (non-hydrogen) atoms. The quantitative estimate of drug-likeness (QED) is 0.463. The maximum atomic E-state index is 9.64. The number of hydrogen-bond donors (Lipinski definition) is 4. The van der Waals surface area contributed by atoms with Crippen molar-refractivity contribution in [1.82, 2.24) is 5.32 Å². The lowest BCUT2D eigenvalue weighted by molar-refractivity contribution is 0.0135. The molecule has 0 aromatic heterocycles. The van der Waals surface area contributed by atoms with Crippen molar-refractivity contribution in [3.8, 4) is 0 Å². The molecule has 4 nitrogen and oxygen atoms in total. The molecule has 3 unspecified atom stereocenters. The smallest absolute Gasteiger partial charge is 0.0989 e. The highest BCUT2D eigenvalue weighted by atomic mass is 16.3. The highest BCUT2D eigenvalue weighted by molar-refractivity contribution is 4.99. The Kier molecular flexibility index (Phi) is 3.67. The van der Waals surface area contributed by atoms with Gasteiger partial charge in [0.15, 0.2) is 0 Å². The molecule has 0 saturated carbocycles. The van der Waals surface area contributed by atoms with E-state index in [1.54, 1.807) is 0 Å². The summed E-state index contributed by atoms with van der Waals surface area (Å²) in [5.41, 5.74) is 0. The van der Waals surface area contributed by atoms with Gasteiger partial charge in [0.05, 0.1) is 24.9 Å².